The number of aliphatic hydroxyl groups excluding tert-OH is 1. The number of non-ortho nitro benzene ring substituents is 1. The van der Waals surface area contributed by atoms with Crippen molar-refractivity contribution < 1.29 is 18.8 Å². The summed E-state index contributed by atoms with van der Waals surface area (Å²) in [5, 5.41) is 18.9. The first kappa shape index (κ1) is 17.0. The maximum atomic E-state index is 13.1. The van der Waals surface area contributed by atoms with Crippen molar-refractivity contribution in [2.75, 3.05) is 6.61 Å². The quantitative estimate of drug-likeness (QED) is 0.659. The van der Waals surface area contributed by atoms with E-state index in [1.807, 2.05) is 0 Å². The lowest BCUT2D eigenvalue weighted by molar-refractivity contribution is -0.385. The fourth-order valence-electron chi connectivity index (χ4n) is 1.21. The molecule has 0 saturated heterocycles. The Hall–Kier alpha value is -1.02. The van der Waals surface area contributed by atoms with E-state index >= 15 is 0 Å². The van der Waals surface area contributed by atoms with Crippen LogP contribution >= 0.6 is 24.0 Å². The molecule has 0 bridgehead atoms. The van der Waals surface area contributed by atoms with Crippen molar-refractivity contribution in [1.82, 2.24) is 0 Å². The lowest BCUT2D eigenvalue weighted by Gasteiger charge is -2.22. The number of hydrogen-bond donors (Lipinski definition) is 2. The molecule has 1 atom stereocenters. The van der Waals surface area contributed by atoms with E-state index in [2.05, 4.69) is 0 Å². The van der Waals surface area contributed by atoms with E-state index in [1.54, 1.807) is 0 Å². The Kier molecular flexibility index (Phi) is 5.88. The van der Waals surface area contributed by atoms with Gasteiger partial charge >= 0.3 is 0 Å². The van der Waals surface area contributed by atoms with E-state index in [1.165, 1.54) is 0 Å². The van der Waals surface area contributed by atoms with E-state index in [0.717, 1.165) is 18.2 Å². The van der Waals surface area contributed by atoms with Crippen LogP contribution in [0.1, 0.15) is 11.6 Å². The van der Waals surface area contributed by atoms with Crippen LogP contribution in [0.2, 0.25) is 5.02 Å². The van der Waals surface area contributed by atoms with Gasteiger partial charge < -0.3 is 10.8 Å². The van der Waals surface area contributed by atoms with Gasteiger partial charge in [0.05, 0.1) is 11.0 Å². The van der Waals surface area contributed by atoms with Crippen LogP contribution in [0.5, 0.6) is 0 Å². The second kappa shape index (κ2) is 6.24. The van der Waals surface area contributed by atoms with Crippen LogP contribution in [0.25, 0.3) is 0 Å². The normalized spacial score (nSPS) is 12.7. The molecule has 0 aliphatic heterocycles. The van der Waals surface area contributed by atoms with Gasteiger partial charge in [-0.05, 0) is 6.07 Å². The van der Waals surface area contributed by atoms with Gasteiger partial charge in [-0.3, -0.25) is 10.1 Å². The molecule has 5 nitrogen and oxygen atoms in total. The molecule has 0 unspecified atom stereocenters. The second-order valence-electron chi connectivity index (χ2n) is 3.36. The van der Waals surface area contributed by atoms with Crippen molar-refractivity contribution in [3.63, 3.8) is 0 Å². The zero-order valence-corrected chi connectivity index (χ0v) is 10.4. The summed E-state index contributed by atoms with van der Waals surface area (Å²) in [5.41, 5.74) is 4.56. The number of nitro groups is 1. The van der Waals surface area contributed by atoms with Crippen LogP contribution in [0.15, 0.2) is 18.2 Å². The van der Waals surface area contributed by atoms with Crippen LogP contribution < -0.4 is 5.73 Å². The van der Waals surface area contributed by atoms with Gasteiger partial charge in [-0.2, -0.15) is 0 Å². The van der Waals surface area contributed by atoms with Crippen molar-refractivity contribution in [3.05, 3.63) is 38.9 Å². The standard InChI is InChI=1S/C9H9ClF2N2O3.ClH/c10-7-2-1-5(14(16)17)3-6(7)8(13)9(11,12)4-15;/h1-3,8,15H,4,13H2;1H/t8-;/m1./s1. The third kappa shape index (κ3) is 3.49. The summed E-state index contributed by atoms with van der Waals surface area (Å²) in [6.07, 6.45) is 0. The molecule has 0 aromatic heterocycles. The van der Waals surface area contributed by atoms with Gasteiger partial charge in [-0.25, -0.2) is 8.78 Å². The topological polar surface area (TPSA) is 89.4 Å². The van der Waals surface area contributed by atoms with Crippen LogP contribution in [0, 0.1) is 10.1 Å². The molecule has 0 radical (unpaired) electrons. The van der Waals surface area contributed by atoms with Crippen LogP contribution in [0.4, 0.5) is 14.5 Å². The van der Waals surface area contributed by atoms with Gasteiger partial charge in [0.2, 0.25) is 0 Å². The molecule has 0 spiro atoms. The Morgan fingerprint density at radius 2 is 2.11 bits per heavy atom. The predicted molar refractivity (Wildman–Crippen MR) is 64.3 cm³/mol. The Bertz CT molecular complexity index is 446. The number of benzene rings is 1. The highest BCUT2D eigenvalue weighted by atomic mass is 35.5. The highest BCUT2D eigenvalue weighted by Gasteiger charge is 2.38. The zero-order chi connectivity index (χ0) is 13.2. The number of nitro benzene ring substituents is 1. The number of rotatable bonds is 4. The monoisotopic (exact) mass is 302 g/mol. The molecule has 0 saturated carbocycles. The first-order valence-corrected chi connectivity index (χ1v) is 4.85. The maximum Gasteiger partial charge on any atom is 0.289 e. The average molecular weight is 303 g/mol. The molecule has 0 heterocycles. The van der Waals surface area contributed by atoms with Gasteiger partial charge in [-0.1, -0.05) is 11.6 Å². The third-order valence-corrected chi connectivity index (χ3v) is 2.54. The van der Waals surface area contributed by atoms with Crippen molar-refractivity contribution in [2.24, 2.45) is 5.73 Å². The molecule has 0 fully saturated rings. The molecule has 0 aliphatic rings. The Balaban J connectivity index is 0.00000289. The second-order valence-corrected chi connectivity index (χ2v) is 3.77. The van der Waals surface area contributed by atoms with E-state index in [9.17, 15) is 18.9 Å². The summed E-state index contributed by atoms with van der Waals surface area (Å²) in [5.74, 6) is -3.60. The molecule has 18 heavy (non-hydrogen) atoms. The minimum Gasteiger partial charge on any atom is -0.390 e. The minimum atomic E-state index is -3.60. The van der Waals surface area contributed by atoms with Gasteiger partial charge in [0.1, 0.15) is 6.61 Å². The summed E-state index contributed by atoms with van der Waals surface area (Å²) in [7, 11) is 0. The third-order valence-electron chi connectivity index (χ3n) is 2.19. The largest absolute Gasteiger partial charge is 0.390 e. The number of nitrogens with zero attached hydrogens (tertiary/aromatic N) is 1. The maximum absolute atomic E-state index is 13.1. The first-order chi connectivity index (χ1) is 7.79. The molecule has 0 amide bonds. The number of aliphatic hydroxyl groups is 1. The number of halogens is 4. The number of hydrogen-bond acceptors (Lipinski definition) is 4. The van der Waals surface area contributed by atoms with Crippen molar-refractivity contribution in [3.8, 4) is 0 Å². The molecule has 0 aliphatic carbocycles. The van der Waals surface area contributed by atoms with Gasteiger partial charge in [0.25, 0.3) is 11.6 Å². The summed E-state index contributed by atoms with van der Waals surface area (Å²) >= 11 is 5.64. The lowest BCUT2D eigenvalue weighted by atomic mass is 10.0. The molecule has 9 heteroatoms. The van der Waals surface area contributed by atoms with Crippen molar-refractivity contribution in [2.45, 2.75) is 12.0 Å². The first-order valence-electron chi connectivity index (χ1n) is 4.47. The summed E-state index contributed by atoms with van der Waals surface area (Å²) in [4.78, 5) is 9.74. The van der Waals surface area contributed by atoms with E-state index < -0.39 is 29.2 Å². The van der Waals surface area contributed by atoms with E-state index in [0.29, 0.717) is 0 Å². The molecule has 1 aromatic carbocycles. The minimum absolute atomic E-state index is 0. The van der Waals surface area contributed by atoms with Gasteiger partial charge in [0.15, 0.2) is 0 Å². The molecule has 3 N–H and O–H groups in total. The Morgan fingerprint density at radius 1 is 1.56 bits per heavy atom. The Labute approximate surface area is 112 Å². The number of nitrogens with two attached hydrogens (primary N) is 1. The van der Waals surface area contributed by atoms with Crippen molar-refractivity contribution in [1.29, 1.82) is 0 Å². The average Bonchev–Trinajstić information content (AvgIpc) is 2.28. The highest BCUT2D eigenvalue weighted by Crippen LogP contribution is 2.34. The van der Waals surface area contributed by atoms with E-state index in [4.69, 9.17) is 22.4 Å². The van der Waals surface area contributed by atoms with Gasteiger partial charge in [0, 0.05) is 22.7 Å². The van der Waals surface area contributed by atoms with Crippen LogP contribution in [-0.2, 0) is 0 Å². The molecule has 1 rings (SSSR count). The molecule has 102 valence electrons. The lowest BCUT2D eigenvalue weighted by Crippen LogP contribution is -2.36. The van der Waals surface area contributed by atoms with Crippen LogP contribution in [-0.4, -0.2) is 22.6 Å². The fourth-order valence-corrected chi connectivity index (χ4v) is 1.44. The summed E-state index contributed by atoms with van der Waals surface area (Å²) < 4.78 is 26.3. The SMILES string of the molecule is Cl.N[C@H](c1cc([N+](=O)[O-])ccc1Cl)C(F)(F)CO. The molecular weight excluding hydrogens is 293 g/mol. The molecular formula is C9H10Cl2F2N2O3. The fraction of sp³-hybridized carbons (Fsp3) is 0.333. The predicted octanol–water partition coefficient (Wildman–Crippen LogP) is 2.30. The zero-order valence-electron chi connectivity index (χ0n) is 8.85. The van der Waals surface area contributed by atoms with Crippen LogP contribution in [0.3, 0.4) is 0 Å². The van der Waals surface area contributed by atoms with Crippen molar-refractivity contribution >= 4 is 29.7 Å². The number of alkyl halides is 2. The smallest absolute Gasteiger partial charge is 0.289 e. The molecule has 1 aromatic rings. The Morgan fingerprint density at radius 3 is 2.56 bits per heavy atom. The summed E-state index contributed by atoms with van der Waals surface area (Å²) in [6.45, 7) is -1.47. The van der Waals surface area contributed by atoms with E-state index in [-0.39, 0.29) is 23.0 Å². The van der Waals surface area contributed by atoms with Gasteiger partial charge in [-0.15, -0.1) is 12.4 Å². The summed E-state index contributed by atoms with van der Waals surface area (Å²) in [6, 6.07) is 1.16. The highest BCUT2D eigenvalue weighted by molar-refractivity contribution is 6.31.